The molecule has 0 saturated carbocycles. The Morgan fingerprint density at radius 3 is 2.60 bits per heavy atom. The van der Waals surface area contributed by atoms with Gasteiger partial charge < -0.3 is 13.9 Å². The number of amides is 1. The normalized spacial score (nSPS) is 15.6. The van der Waals surface area contributed by atoms with E-state index in [1.165, 1.54) is 0 Å². The maximum atomic E-state index is 12.9. The first-order valence-electron chi connectivity index (χ1n) is 8.65. The van der Waals surface area contributed by atoms with Crippen LogP contribution in [0.4, 0.5) is 0 Å². The van der Waals surface area contributed by atoms with Crippen LogP contribution in [0.25, 0.3) is 5.52 Å². The first-order valence-corrected chi connectivity index (χ1v) is 8.65. The van der Waals surface area contributed by atoms with Crippen LogP contribution in [0.1, 0.15) is 34.8 Å². The third-order valence-corrected chi connectivity index (χ3v) is 5.16. The molecular weight excluding hydrogens is 314 g/mol. The van der Waals surface area contributed by atoms with Gasteiger partial charge in [-0.1, -0.05) is 6.07 Å². The summed E-state index contributed by atoms with van der Waals surface area (Å²) in [5.74, 6) is 0.427. The van der Waals surface area contributed by atoms with E-state index >= 15 is 0 Å². The van der Waals surface area contributed by atoms with Crippen LogP contribution in [0, 0.1) is 0 Å². The lowest BCUT2D eigenvalue weighted by Gasteiger charge is -2.32. The van der Waals surface area contributed by atoms with E-state index in [9.17, 15) is 9.59 Å². The molecule has 4 heterocycles. The summed E-state index contributed by atoms with van der Waals surface area (Å²) < 4.78 is 3.52. The van der Waals surface area contributed by atoms with Gasteiger partial charge in [0.2, 0.25) is 0 Å². The lowest BCUT2D eigenvalue weighted by Crippen LogP contribution is -2.38. The number of fused-ring (bicyclic) bond motifs is 1. The second-order valence-electron chi connectivity index (χ2n) is 6.69. The summed E-state index contributed by atoms with van der Waals surface area (Å²) in [5.41, 5.74) is 2.85. The molecule has 1 amide bonds. The van der Waals surface area contributed by atoms with Crippen molar-refractivity contribution in [2.75, 3.05) is 13.1 Å². The summed E-state index contributed by atoms with van der Waals surface area (Å²) in [7, 11) is 1.76. The molecule has 1 aliphatic heterocycles. The molecule has 128 valence electrons. The minimum atomic E-state index is 0.0238. The molecule has 1 fully saturated rings. The average Bonchev–Trinajstić information content (AvgIpc) is 3.08. The highest BCUT2D eigenvalue weighted by molar-refractivity contribution is 5.94. The number of likely N-dealkylation sites (tertiary alicyclic amines) is 1. The molecule has 3 aromatic heterocycles. The molecule has 0 bridgehead atoms. The zero-order valence-corrected chi connectivity index (χ0v) is 14.3. The van der Waals surface area contributed by atoms with Crippen molar-refractivity contribution in [1.82, 2.24) is 13.9 Å². The van der Waals surface area contributed by atoms with Gasteiger partial charge in [-0.2, -0.15) is 0 Å². The van der Waals surface area contributed by atoms with Gasteiger partial charge in [-0.3, -0.25) is 9.59 Å². The molecule has 25 heavy (non-hydrogen) atoms. The number of carbonyl (C=O) groups excluding carboxylic acids is 1. The summed E-state index contributed by atoms with van der Waals surface area (Å²) in [4.78, 5) is 26.6. The Bertz CT molecular complexity index is 978. The standard InChI is InChI=1S/C20H21N3O2/c1-21-11-7-16(14-19(21)24)15-8-12-22(13-9-15)20(25)18-6-5-17-4-2-3-10-23(17)18/h2-7,10-11,14-15H,8-9,12-13H2,1H3. The third kappa shape index (κ3) is 2.86. The van der Waals surface area contributed by atoms with Crippen molar-refractivity contribution in [3.05, 3.63) is 76.5 Å². The fraction of sp³-hybridized carbons (Fsp3) is 0.300. The zero-order chi connectivity index (χ0) is 17.4. The Morgan fingerprint density at radius 2 is 1.84 bits per heavy atom. The van der Waals surface area contributed by atoms with E-state index in [2.05, 4.69) is 0 Å². The zero-order valence-electron chi connectivity index (χ0n) is 14.3. The van der Waals surface area contributed by atoms with Crippen molar-refractivity contribution in [2.45, 2.75) is 18.8 Å². The third-order valence-electron chi connectivity index (χ3n) is 5.16. The van der Waals surface area contributed by atoms with E-state index in [0.29, 0.717) is 11.6 Å². The fourth-order valence-electron chi connectivity index (χ4n) is 3.63. The van der Waals surface area contributed by atoms with Gasteiger partial charge in [0.15, 0.2) is 0 Å². The van der Waals surface area contributed by atoms with Gasteiger partial charge in [-0.15, -0.1) is 0 Å². The molecule has 5 nitrogen and oxygen atoms in total. The van der Waals surface area contributed by atoms with Crippen LogP contribution in [-0.2, 0) is 7.05 Å². The van der Waals surface area contributed by atoms with Gasteiger partial charge in [0, 0.05) is 44.1 Å². The number of carbonyl (C=O) groups is 1. The molecule has 1 saturated heterocycles. The van der Waals surface area contributed by atoms with Gasteiger partial charge in [-0.05, 0) is 54.7 Å². The van der Waals surface area contributed by atoms with E-state index in [0.717, 1.165) is 37.0 Å². The summed E-state index contributed by atoms with van der Waals surface area (Å²) in [5, 5.41) is 0. The lowest BCUT2D eigenvalue weighted by molar-refractivity contribution is 0.0706. The van der Waals surface area contributed by atoms with Crippen LogP contribution in [-0.4, -0.2) is 32.9 Å². The maximum Gasteiger partial charge on any atom is 0.270 e. The van der Waals surface area contributed by atoms with Gasteiger partial charge in [0.05, 0.1) is 0 Å². The number of rotatable bonds is 2. The van der Waals surface area contributed by atoms with Crippen molar-refractivity contribution in [1.29, 1.82) is 0 Å². The summed E-state index contributed by atoms with van der Waals surface area (Å²) in [6.07, 6.45) is 5.53. The number of hydrogen-bond donors (Lipinski definition) is 0. The molecule has 0 N–H and O–H groups in total. The molecule has 0 atom stereocenters. The second kappa shape index (κ2) is 6.24. The van der Waals surface area contributed by atoms with Gasteiger partial charge in [0.25, 0.3) is 11.5 Å². The summed E-state index contributed by atoms with van der Waals surface area (Å²) in [6.45, 7) is 1.44. The van der Waals surface area contributed by atoms with Gasteiger partial charge in [-0.25, -0.2) is 0 Å². The Labute approximate surface area is 146 Å². The van der Waals surface area contributed by atoms with E-state index in [-0.39, 0.29) is 11.5 Å². The van der Waals surface area contributed by atoms with Gasteiger partial charge in [0.1, 0.15) is 5.69 Å². The van der Waals surface area contributed by atoms with Crippen molar-refractivity contribution < 1.29 is 4.79 Å². The molecule has 0 aliphatic carbocycles. The highest BCUT2D eigenvalue weighted by atomic mass is 16.2. The quantitative estimate of drug-likeness (QED) is 0.723. The van der Waals surface area contributed by atoms with Crippen molar-refractivity contribution in [3.63, 3.8) is 0 Å². The second-order valence-corrected chi connectivity index (χ2v) is 6.69. The molecule has 5 heteroatoms. The average molecular weight is 335 g/mol. The van der Waals surface area contributed by atoms with Crippen LogP contribution in [0.3, 0.4) is 0 Å². The van der Waals surface area contributed by atoms with E-state index in [1.54, 1.807) is 17.7 Å². The summed E-state index contributed by atoms with van der Waals surface area (Å²) >= 11 is 0. The molecule has 0 radical (unpaired) electrons. The van der Waals surface area contributed by atoms with E-state index < -0.39 is 0 Å². The van der Waals surface area contributed by atoms with Crippen molar-refractivity contribution in [3.8, 4) is 0 Å². The van der Waals surface area contributed by atoms with Crippen LogP contribution >= 0.6 is 0 Å². The topological polar surface area (TPSA) is 46.7 Å². The SMILES string of the molecule is Cn1ccc(C2CCN(C(=O)c3ccc4ccccn34)CC2)cc1=O. The lowest BCUT2D eigenvalue weighted by atomic mass is 9.90. The van der Waals surface area contributed by atoms with Crippen LogP contribution < -0.4 is 5.56 Å². The Kier molecular flexibility index (Phi) is 3.92. The predicted molar refractivity (Wildman–Crippen MR) is 97.0 cm³/mol. The minimum absolute atomic E-state index is 0.0238. The van der Waals surface area contributed by atoms with Crippen LogP contribution in [0.15, 0.2) is 59.7 Å². The number of hydrogen-bond acceptors (Lipinski definition) is 2. The van der Waals surface area contributed by atoms with Crippen molar-refractivity contribution >= 4 is 11.4 Å². The Morgan fingerprint density at radius 1 is 1.04 bits per heavy atom. The molecule has 0 spiro atoms. The van der Waals surface area contributed by atoms with Gasteiger partial charge >= 0.3 is 0 Å². The molecule has 0 aromatic carbocycles. The summed E-state index contributed by atoms with van der Waals surface area (Å²) in [6, 6.07) is 13.5. The number of nitrogens with zero attached hydrogens (tertiary/aromatic N) is 3. The highest BCUT2D eigenvalue weighted by Crippen LogP contribution is 2.28. The van der Waals surface area contributed by atoms with E-state index in [4.69, 9.17) is 0 Å². The molecule has 0 unspecified atom stereocenters. The number of piperidine rings is 1. The first-order chi connectivity index (χ1) is 12.1. The van der Waals surface area contributed by atoms with Crippen LogP contribution in [0.5, 0.6) is 0 Å². The van der Waals surface area contributed by atoms with Crippen molar-refractivity contribution in [2.24, 2.45) is 7.05 Å². The molecule has 1 aliphatic rings. The fourth-order valence-corrected chi connectivity index (χ4v) is 3.63. The first kappa shape index (κ1) is 15.7. The number of aryl methyl sites for hydroxylation is 1. The molecule has 3 aromatic rings. The largest absolute Gasteiger partial charge is 0.337 e. The maximum absolute atomic E-state index is 12.9. The minimum Gasteiger partial charge on any atom is -0.337 e. The Balaban J connectivity index is 1.49. The highest BCUT2D eigenvalue weighted by Gasteiger charge is 2.26. The predicted octanol–water partition coefficient (Wildman–Crippen LogP) is 2.66. The monoisotopic (exact) mass is 335 g/mol. The smallest absolute Gasteiger partial charge is 0.270 e. The molecular formula is C20H21N3O2. The molecule has 4 rings (SSSR count). The number of aromatic nitrogens is 2. The van der Waals surface area contributed by atoms with Crippen LogP contribution in [0.2, 0.25) is 0 Å². The Hall–Kier alpha value is -2.82. The van der Waals surface area contributed by atoms with E-state index in [1.807, 2.05) is 58.1 Å². The number of pyridine rings is 2.